The molecule has 1 atom stereocenters. The molecule has 0 aromatic heterocycles. The summed E-state index contributed by atoms with van der Waals surface area (Å²) >= 11 is 0. The van der Waals surface area contributed by atoms with Crippen LogP contribution >= 0.6 is 0 Å². The number of nitrogens with zero attached hydrogens (tertiary/aromatic N) is 2. The Kier molecular flexibility index (Phi) is 5.00. The Morgan fingerprint density at radius 1 is 1.15 bits per heavy atom. The third-order valence-electron chi connectivity index (χ3n) is 5.14. The number of benzene rings is 1. The fourth-order valence-electron chi connectivity index (χ4n) is 3.72. The number of rotatable bonds is 3. The molecule has 3 rings (SSSR count). The molecule has 7 nitrogen and oxygen atoms in total. The number of hydrogen-bond acceptors (Lipinski definition) is 4. The molecule has 140 valence electrons. The van der Waals surface area contributed by atoms with E-state index in [0.29, 0.717) is 31.5 Å². The average molecular weight is 360 g/mol. The van der Waals surface area contributed by atoms with Crippen LogP contribution in [0.5, 0.6) is 0 Å². The number of hydrogen-bond donors (Lipinski definition) is 1. The third-order valence-corrected chi connectivity index (χ3v) is 5.14. The van der Waals surface area contributed by atoms with E-state index in [9.17, 15) is 19.5 Å². The molecule has 0 bridgehead atoms. The van der Waals surface area contributed by atoms with Gasteiger partial charge in [0.15, 0.2) is 6.04 Å². The van der Waals surface area contributed by atoms with Crippen LogP contribution in [0.3, 0.4) is 0 Å². The van der Waals surface area contributed by atoms with Gasteiger partial charge in [-0.25, -0.2) is 4.79 Å². The molecule has 2 aliphatic rings. The number of aliphatic carboxylic acids is 1. The van der Waals surface area contributed by atoms with Gasteiger partial charge in [-0.1, -0.05) is 32.0 Å². The van der Waals surface area contributed by atoms with Crippen LogP contribution in [0.1, 0.15) is 37.0 Å². The van der Waals surface area contributed by atoms with Crippen molar-refractivity contribution in [2.45, 2.75) is 38.5 Å². The zero-order chi connectivity index (χ0) is 18.9. The molecule has 2 aliphatic heterocycles. The highest BCUT2D eigenvalue weighted by molar-refractivity contribution is 5.97. The number of ether oxygens (including phenoxy) is 1. The number of amides is 2. The maximum absolute atomic E-state index is 13.1. The van der Waals surface area contributed by atoms with Crippen molar-refractivity contribution in [3.05, 3.63) is 35.9 Å². The molecular weight excluding hydrogens is 336 g/mol. The van der Waals surface area contributed by atoms with Crippen LogP contribution < -0.4 is 0 Å². The first kappa shape index (κ1) is 18.4. The Labute approximate surface area is 152 Å². The molecule has 0 saturated carbocycles. The van der Waals surface area contributed by atoms with Gasteiger partial charge in [-0.05, 0) is 12.1 Å². The summed E-state index contributed by atoms with van der Waals surface area (Å²) in [7, 11) is 0. The maximum Gasteiger partial charge on any atom is 0.328 e. The SMILES string of the molecule is CC(C)C(=O)N1CCC2(CC1)OC[C@@H](C(=O)O)N2C(=O)c1ccccc1. The van der Waals surface area contributed by atoms with Gasteiger partial charge in [0.2, 0.25) is 5.91 Å². The second kappa shape index (κ2) is 7.07. The average Bonchev–Trinajstić information content (AvgIpc) is 3.01. The van der Waals surface area contributed by atoms with Crippen molar-refractivity contribution in [3.8, 4) is 0 Å². The second-order valence-corrected chi connectivity index (χ2v) is 7.13. The molecule has 2 heterocycles. The van der Waals surface area contributed by atoms with Gasteiger partial charge in [-0.15, -0.1) is 0 Å². The lowest BCUT2D eigenvalue weighted by Crippen LogP contribution is -2.59. The van der Waals surface area contributed by atoms with Crippen molar-refractivity contribution in [1.29, 1.82) is 0 Å². The van der Waals surface area contributed by atoms with E-state index in [1.807, 2.05) is 13.8 Å². The molecule has 1 spiro atoms. The van der Waals surface area contributed by atoms with Crippen molar-refractivity contribution in [3.63, 3.8) is 0 Å². The number of piperidine rings is 1. The molecule has 1 aromatic carbocycles. The molecule has 0 aliphatic carbocycles. The van der Waals surface area contributed by atoms with E-state index in [2.05, 4.69) is 0 Å². The van der Waals surface area contributed by atoms with E-state index >= 15 is 0 Å². The van der Waals surface area contributed by atoms with Gasteiger partial charge < -0.3 is 14.7 Å². The maximum atomic E-state index is 13.1. The van der Waals surface area contributed by atoms with Crippen LogP contribution in [0, 0.1) is 5.92 Å². The molecule has 2 amide bonds. The van der Waals surface area contributed by atoms with E-state index in [1.54, 1.807) is 35.2 Å². The highest BCUT2D eigenvalue weighted by atomic mass is 16.5. The van der Waals surface area contributed by atoms with E-state index in [1.165, 1.54) is 4.90 Å². The van der Waals surface area contributed by atoms with Gasteiger partial charge in [0.1, 0.15) is 5.72 Å². The minimum atomic E-state index is -1.08. The molecule has 0 radical (unpaired) electrons. The first-order chi connectivity index (χ1) is 12.4. The zero-order valence-electron chi connectivity index (χ0n) is 15.1. The Morgan fingerprint density at radius 2 is 1.77 bits per heavy atom. The summed E-state index contributed by atoms with van der Waals surface area (Å²) in [5.41, 5.74) is -0.534. The quantitative estimate of drug-likeness (QED) is 0.884. The Bertz CT molecular complexity index is 695. The van der Waals surface area contributed by atoms with Gasteiger partial charge in [-0.2, -0.15) is 0 Å². The van der Waals surface area contributed by atoms with Gasteiger partial charge in [-0.3, -0.25) is 14.5 Å². The van der Waals surface area contributed by atoms with Crippen molar-refractivity contribution < 1.29 is 24.2 Å². The Balaban J connectivity index is 1.85. The summed E-state index contributed by atoms with van der Waals surface area (Å²) in [5, 5.41) is 9.57. The summed E-state index contributed by atoms with van der Waals surface area (Å²) < 4.78 is 5.89. The van der Waals surface area contributed by atoms with Gasteiger partial charge in [0.25, 0.3) is 5.91 Å². The highest BCUT2D eigenvalue weighted by Gasteiger charge is 2.54. The Morgan fingerprint density at radius 3 is 2.31 bits per heavy atom. The number of carboxylic acid groups (broad SMARTS) is 1. The van der Waals surface area contributed by atoms with Crippen LogP contribution in [0.15, 0.2) is 30.3 Å². The van der Waals surface area contributed by atoms with Crippen molar-refractivity contribution in [1.82, 2.24) is 9.80 Å². The third kappa shape index (κ3) is 3.19. The lowest BCUT2D eigenvalue weighted by molar-refractivity contribution is -0.149. The largest absolute Gasteiger partial charge is 0.480 e. The van der Waals surface area contributed by atoms with E-state index in [0.717, 1.165) is 0 Å². The van der Waals surface area contributed by atoms with Crippen LogP contribution in [0.2, 0.25) is 0 Å². The fraction of sp³-hybridized carbons (Fsp3) is 0.526. The first-order valence-corrected chi connectivity index (χ1v) is 8.90. The van der Waals surface area contributed by atoms with Crippen molar-refractivity contribution in [2.75, 3.05) is 19.7 Å². The van der Waals surface area contributed by atoms with Gasteiger partial charge in [0, 0.05) is 37.4 Å². The molecule has 26 heavy (non-hydrogen) atoms. The predicted octanol–water partition coefficient (Wildman–Crippen LogP) is 1.59. The number of carboxylic acids is 1. The van der Waals surface area contributed by atoms with Crippen molar-refractivity contribution >= 4 is 17.8 Å². The number of carbonyl (C=O) groups excluding carboxylic acids is 2. The molecule has 2 fully saturated rings. The lowest BCUT2D eigenvalue weighted by Gasteiger charge is -2.44. The summed E-state index contributed by atoms with van der Waals surface area (Å²) in [4.78, 5) is 40.1. The minimum Gasteiger partial charge on any atom is -0.480 e. The second-order valence-electron chi connectivity index (χ2n) is 7.13. The molecule has 2 saturated heterocycles. The zero-order valence-corrected chi connectivity index (χ0v) is 15.1. The summed E-state index contributed by atoms with van der Waals surface area (Å²) in [6.07, 6.45) is 0.821. The normalized spacial score (nSPS) is 22.0. The smallest absolute Gasteiger partial charge is 0.328 e. The fourth-order valence-corrected chi connectivity index (χ4v) is 3.72. The summed E-state index contributed by atoms with van der Waals surface area (Å²) in [6, 6.07) is 7.62. The van der Waals surface area contributed by atoms with Gasteiger partial charge >= 0.3 is 5.97 Å². The molecule has 1 N–H and O–H groups in total. The lowest BCUT2D eigenvalue weighted by atomic mass is 9.96. The predicted molar refractivity (Wildman–Crippen MR) is 93.4 cm³/mol. The van der Waals surface area contributed by atoms with E-state index in [-0.39, 0.29) is 24.3 Å². The monoisotopic (exact) mass is 360 g/mol. The summed E-state index contributed by atoms with van der Waals surface area (Å²) in [6.45, 7) is 4.56. The Hall–Kier alpha value is -2.41. The molecular formula is C19H24N2O5. The molecule has 0 unspecified atom stereocenters. The molecule has 1 aromatic rings. The standard InChI is InChI=1S/C19H24N2O5/c1-13(2)16(22)20-10-8-19(9-11-20)21(15(12-26-19)18(24)25)17(23)14-6-4-3-5-7-14/h3-7,13,15H,8-12H2,1-2H3,(H,24,25)/t15-/m0/s1. The van der Waals surface area contributed by atoms with Crippen molar-refractivity contribution in [2.24, 2.45) is 5.92 Å². The summed E-state index contributed by atoms with van der Waals surface area (Å²) in [5.74, 6) is -1.46. The minimum absolute atomic E-state index is 0.0357. The van der Waals surface area contributed by atoms with E-state index < -0.39 is 17.7 Å². The number of carbonyl (C=O) groups is 3. The molecule has 7 heteroatoms. The topological polar surface area (TPSA) is 87.2 Å². The highest BCUT2D eigenvalue weighted by Crippen LogP contribution is 2.38. The van der Waals surface area contributed by atoms with Crippen LogP contribution in [0.4, 0.5) is 0 Å². The van der Waals surface area contributed by atoms with Gasteiger partial charge in [0.05, 0.1) is 6.61 Å². The van der Waals surface area contributed by atoms with E-state index in [4.69, 9.17) is 4.74 Å². The van der Waals surface area contributed by atoms with Crippen LogP contribution in [-0.2, 0) is 14.3 Å². The first-order valence-electron chi connectivity index (χ1n) is 8.90. The van der Waals surface area contributed by atoms with Crippen LogP contribution in [-0.4, -0.2) is 64.2 Å². The van der Waals surface area contributed by atoms with Crippen LogP contribution in [0.25, 0.3) is 0 Å². The number of likely N-dealkylation sites (tertiary alicyclic amines) is 1.